The highest BCUT2D eigenvalue weighted by atomic mass is 79.9. The number of hydrogen-bond donors (Lipinski definition) is 2. The maximum Gasteiger partial charge on any atom is 0.283 e. The molecule has 3 aromatic heterocycles. The summed E-state index contributed by atoms with van der Waals surface area (Å²) < 4.78 is 30.2. The summed E-state index contributed by atoms with van der Waals surface area (Å²) in [7, 11) is 3.31. The van der Waals surface area contributed by atoms with Gasteiger partial charge in [0.15, 0.2) is 0 Å². The molecule has 0 aliphatic heterocycles. The van der Waals surface area contributed by atoms with Crippen molar-refractivity contribution in [2.75, 3.05) is 10.6 Å². The van der Waals surface area contributed by atoms with Crippen LogP contribution in [0.15, 0.2) is 16.9 Å². The minimum Gasteiger partial charge on any atom is -0.321 e. The highest BCUT2D eigenvalue weighted by molar-refractivity contribution is 9.10. The molecule has 2 N–H and O–H groups in total. The lowest BCUT2D eigenvalue weighted by molar-refractivity contribution is -0.117. The zero-order valence-corrected chi connectivity index (χ0v) is 18.2. The number of rotatable bonds is 6. The normalized spacial score (nSPS) is 11.2. The van der Waals surface area contributed by atoms with E-state index in [4.69, 9.17) is 0 Å². The Kier molecular flexibility index (Phi) is 6.01. The van der Waals surface area contributed by atoms with Gasteiger partial charge in [0.2, 0.25) is 5.91 Å². The van der Waals surface area contributed by atoms with Crippen LogP contribution in [0.4, 0.5) is 20.2 Å². The lowest BCUT2D eigenvalue weighted by Gasteiger charge is -2.09. The smallest absolute Gasteiger partial charge is 0.283 e. The van der Waals surface area contributed by atoms with E-state index in [1.54, 1.807) is 32.6 Å². The Morgan fingerprint density at radius 3 is 2.27 bits per heavy atom. The molecule has 0 aliphatic carbocycles. The maximum atomic E-state index is 13.0. The predicted octanol–water partition coefficient (Wildman–Crippen LogP) is 2.56. The second-order valence-corrected chi connectivity index (χ2v) is 7.34. The number of hydrogen-bond acceptors (Lipinski definition) is 5. The Morgan fingerprint density at radius 1 is 1.07 bits per heavy atom. The number of aromatic nitrogens is 6. The number of alkyl halides is 2. The van der Waals surface area contributed by atoms with E-state index in [1.165, 1.54) is 17.1 Å². The van der Waals surface area contributed by atoms with Gasteiger partial charge < -0.3 is 10.6 Å². The van der Waals surface area contributed by atoms with E-state index in [0.717, 1.165) is 10.4 Å². The molecule has 30 heavy (non-hydrogen) atoms. The number of anilines is 2. The van der Waals surface area contributed by atoms with Gasteiger partial charge in [0.1, 0.15) is 17.9 Å². The van der Waals surface area contributed by atoms with E-state index in [1.807, 2.05) is 0 Å². The Balaban J connectivity index is 1.77. The fraction of sp³-hybridized carbons (Fsp3) is 0.353. The zero-order chi connectivity index (χ0) is 22.2. The predicted molar refractivity (Wildman–Crippen MR) is 107 cm³/mol. The van der Waals surface area contributed by atoms with Crippen LogP contribution in [0.25, 0.3) is 0 Å². The highest BCUT2D eigenvalue weighted by Crippen LogP contribution is 2.29. The van der Waals surface area contributed by atoms with E-state index in [2.05, 4.69) is 41.9 Å². The molecule has 0 bridgehead atoms. The van der Waals surface area contributed by atoms with Crippen LogP contribution in [0.5, 0.6) is 0 Å². The van der Waals surface area contributed by atoms with Crippen LogP contribution < -0.4 is 10.6 Å². The third-order valence-corrected chi connectivity index (χ3v) is 5.55. The van der Waals surface area contributed by atoms with Crippen molar-refractivity contribution < 1.29 is 18.4 Å². The van der Waals surface area contributed by atoms with E-state index in [0.29, 0.717) is 11.4 Å². The number of amides is 2. The summed E-state index contributed by atoms with van der Waals surface area (Å²) in [6.45, 7) is 3.05. The minimum absolute atomic E-state index is 0.123. The van der Waals surface area contributed by atoms with Gasteiger partial charge in [0.05, 0.1) is 39.6 Å². The highest BCUT2D eigenvalue weighted by Gasteiger charge is 2.23. The molecule has 160 valence electrons. The fourth-order valence-corrected chi connectivity index (χ4v) is 3.22. The van der Waals surface area contributed by atoms with Gasteiger partial charge in [0, 0.05) is 14.1 Å². The number of nitrogens with zero attached hydrogens (tertiary/aromatic N) is 6. The summed E-state index contributed by atoms with van der Waals surface area (Å²) in [6, 6.07) is 0. The summed E-state index contributed by atoms with van der Waals surface area (Å²) in [5, 5.41) is 17.2. The molecule has 0 unspecified atom stereocenters. The van der Waals surface area contributed by atoms with Crippen LogP contribution in [0.3, 0.4) is 0 Å². The second-order valence-electron chi connectivity index (χ2n) is 6.54. The van der Waals surface area contributed by atoms with Crippen molar-refractivity contribution in [2.45, 2.75) is 26.8 Å². The zero-order valence-electron chi connectivity index (χ0n) is 16.6. The first-order valence-electron chi connectivity index (χ1n) is 8.72. The molecule has 0 spiro atoms. The number of nitrogens with one attached hydrogen (secondary N) is 2. The lowest BCUT2D eigenvalue weighted by atomic mass is 10.3. The van der Waals surface area contributed by atoms with Crippen LogP contribution in [0, 0.1) is 13.8 Å². The molecule has 3 rings (SSSR count). The molecule has 3 heterocycles. The first-order valence-corrected chi connectivity index (χ1v) is 9.52. The van der Waals surface area contributed by atoms with Gasteiger partial charge in [-0.1, -0.05) is 0 Å². The molecule has 2 amide bonds. The average molecular weight is 485 g/mol. The average Bonchev–Trinajstić information content (AvgIpc) is 3.28. The SMILES string of the molecule is Cc1c(NC(=O)c2c(NC(=O)Cn3nc(C(F)F)c(Br)c3C)cnn2C)cnn1C. The summed E-state index contributed by atoms with van der Waals surface area (Å²) in [5.74, 6) is -1.03. The van der Waals surface area contributed by atoms with Crippen molar-refractivity contribution >= 4 is 39.1 Å². The maximum absolute atomic E-state index is 13.0. The summed E-state index contributed by atoms with van der Waals surface area (Å²) in [5.41, 5.74) is 1.53. The number of aryl methyl sites for hydroxylation is 2. The van der Waals surface area contributed by atoms with Gasteiger partial charge in [-0.2, -0.15) is 15.3 Å². The largest absolute Gasteiger partial charge is 0.321 e. The molecular formula is C17H19BrF2N8O2. The molecule has 10 nitrogen and oxygen atoms in total. The summed E-state index contributed by atoms with van der Waals surface area (Å²) >= 11 is 3.06. The molecular weight excluding hydrogens is 466 g/mol. The number of carbonyl (C=O) groups excluding carboxylic acids is 2. The van der Waals surface area contributed by atoms with Crippen molar-refractivity contribution in [1.82, 2.24) is 29.3 Å². The van der Waals surface area contributed by atoms with E-state index in [-0.39, 0.29) is 22.4 Å². The van der Waals surface area contributed by atoms with Crippen molar-refractivity contribution in [3.63, 3.8) is 0 Å². The molecule has 0 fully saturated rings. The Morgan fingerprint density at radius 2 is 1.70 bits per heavy atom. The van der Waals surface area contributed by atoms with Crippen molar-refractivity contribution in [3.8, 4) is 0 Å². The minimum atomic E-state index is -2.77. The standard InChI is InChI=1S/C17H19BrF2N8O2/c1-8-10(5-21-26(8)3)24-17(30)15-11(6-22-27(15)4)23-12(29)7-28-9(2)13(18)14(25-28)16(19)20/h5-6,16H,7H2,1-4H3,(H,23,29)(H,24,30). The first kappa shape index (κ1) is 21.6. The van der Waals surface area contributed by atoms with Crippen LogP contribution in [0.2, 0.25) is 0 Å². The van der Waals surface area contributed by atoms with E-state index in [9.17, 15) is 18.4 Å². The Labute approximate surface area is 178 Å². The molecule has 0 atom stereocenters. The molecule has 0 radical (unpaired) electrons. The van der Waals surface area contributed by atoms with Gasteiger partial charge >= 0.3 is 0 Å². The van der Waals surface area contributed by atoms with Crippen molar-refractivity contribution in [3.05, 3.63) is 39.6 Å². The number of carbonyl (C=O) groups is 2. The molecule has 3 aromatic rings. The van der Waals surface area contributed by atoms with Gasteiger partial charge in [-0.3, -0.25) is 23.6 Å². The first-order chi connectivity index (χ1) is 14.1. The summed E-state index contributed by atoms with van der Waals surface area (Å²) in [6.07, 6.45) is 0.0760. The van der Waals surface area contributed by atoms with Crippen LogP contribution in [0.1, 0.15) is 34.0 Å². The van der Waals surface area contributed by atoms with Gasteiger partial charge in [0.25, 0.3) is 12.3 Å². The third kappa shape index (κ3) is 4.10. The van der Waals surface area contributed by atoms with E-state index >= 15 is 0 Å². The van der Waals surface area contributed by atoms with Gasteiger partial charge in [-0.05, 0) is 29.8 Å². The lowest BCUT2D eigenvalue weighted by Crippen LogP contribution is -2.23. The second kappa shape index (κ2) is 8.34. The molecule has 0 aliphatic rings. The monoisotopic (exact) mass is 484 g/mol. The number of halogens is 3. The molecule has 0 saturated carbocycles. The van der Waals surface area contributed by atoms with E-state index < -0.39 is 23.9 Å². The molecule has 13 heteroatoms. The molecule has 0 saturated heterocycles. The molecule has 0 aromatic carbocycles. The Bertz CT molecular complexity index is 1120. The topological polar surface area (TPSA) is 112 Å². The Hall–Kier alpha value is -3.09. The fourth-order valence-electron chi connectivity index (χ4n) is 2.77. The quantitative estimate of drug-likeness (QED) is 0.558. The van der Waals surface area contributed by atoms with Crippen LogP contribution in [-0.2, 0) is 25.4 Å². The van der Waals surface area contributed by atoms with Gasteiger partial charge in [-0.15, -0.1) is 0 Å². The van der Waals surface area contributed by atoms with Crippen LogP contribution >= 0.6 is 15.9 Å². The summed E-state index contributed by atoms with van der Waals surface area (Å²) in [4.78, 5) is 25.2. The van der Waals surface area contributed by atoms with Crippen LogP contribution in [-0.4, -0.2) is 41.2 Å². The van der Waals surface area contributed by atoms with Gasteiger partial charge in [-0.25, -0.2) is 8.78 Å². The van der Waals surface area contributed by atoms with Crippen molar-refractivity contribution in [1.29, 1.82) is 0 Å². The third-order valence-electron chi connectivity index (χ3n) is 4.57. The van der Waals surface area contributed by atoms with Crippen molar-refractivity contribution in [2.24, 2.45) is 14.1 Å².